The van der Waals surface area contributed by atoms with Crippen LogP contribution in [0.2, 0.25) is 0 Å². The number of hydrogen-bond donors (Lipinski definition) is 2. The van der Waals surface area contributed by atoms with Crippen molar-refractivity contribution in [2.45, 2.75) is 11.3 Å². The molecule has 0 bridgehead atoms. The Morgan fingerprint density at radius 3 is 2.60 bits per heavy atom. The lowest BCUT2D eigenvalue weighted by molar-refractivity contribution is 0.301. The van der Waals surface area contributed by atoms with Crippen molar-refractivity contribution in [3.8, 4) is 5.88 Å². The zero-order valence-corrected chi connectivity index (χ0v) is 8.90. The maximum Gasteiger partial charge on any atom is 0.239 e. The zero-order valence-electron chi connectivity index (χ0n) is 8.09. The molecule has 6 nitrogen and oxygen atoms in total. The third kappa shape index (κ3) is 3.82. The molecule has 0 aliphatic heterocycles. The van der Waals surface area contributed by atoms with Crippen LogP contribution >= 0.6 is 0 Å². The first-order valence-corrected chi connectivity index (χ1v) is 5.90. The number of rotatable bonds is 5. The lowest BCUT2D eigenvalue weighted by Crippen LogP contribution is -2.12. The monoisotopic (exact) mass is 231 g/mol. The van der Waals surface area contributed by atoms with E-state index in [0.717, 1.165) is 12.6 Å². The summed E-state index contributed by atoms with van der Waals surface area (Å²) in [7, 11) is -3.68. The van der Waals surface area contributed by atoms with Gasteiger partial charge in [-0.1, -0.05) is 0 Å². The van der Waals surface area contributed by atoms with Crippen molar-refractivity contribution in [3.63, 3.8) is 0 Å². The van der Waals surface area contributed by atoms with Gasteiger partial charge < -0.3 is 10.5 Å². The van der Waals surface area contributed by atoms with Crippen LogP contribution < -0.4 is 15.6 Å². The van der Waals surface area contributed by atoms with Crippen molar-refractivity contribution in [1.29, 1.82) is 0 Å². The number of nitrogens with zero attached hydrogens (tertiary/aromatic N) is 1. The molecule has 0 fully saturated rings. The molecule has 0 aromatic carbocycles. The van der Waals surface area contributed by atoms with Crippen molar-refractivity contribution in [2.24, 2.45) is 10.9 Å². The molecule has 15 heavy (non-hydrogen) atoms. The first kappa shape index (κ1) is 11.9. The second-order valence-corrected chi connectivity index (χ2v) is 4.43. The second-order valence-electron chi connectivity index (χ2n) is 2.87. The molecule has 0 atom stereocenters. The van der Waals surface area contributed by atoms with Crippen molar-refractivity contribution in [2.75, 3.05) is 13.2 Å². The number of primary sulfonamides is 1. The minimum absolute atomic E-state index is 0.0336. The predicted molar refractivity (Wildman–Crippen MR) is 54.8 cm³/mol. The Labute approximate surface area is 88.3 Å². The average Bonchev–Trinajstić information content (AvgIpc) is 2.18. The second kappa shape index (κ2) is 5.06. The number of aromatic nitrogens is 1. The molecular formula is C8H13N3O3S. The normalized spacial score (nSPS) is 11.3. The first-order valence-electron chi connectivity index (χ1n) is 4.36. The van der Waals surface area contributed by atoms with E-state index in [1.807, 2.05) is 0 Å². The molecule has 0 aliphatic rings. The Morgan fingerprint density at radius 2 is 2.13 bits per heavy atom. The quantitative estimate of drug-likeness (QED) is 0.661. The third-order valence-corrected chi connectivity index (χ3v) is 2.53. The lowest BCUT2D eigenvalue weighted by atomic mass is 10.4. The molecule has 0 radical (unpaired) electrons. The van der Waals surface area contributed by atoms with Crippen LogP contribution in [0.3, 0.4) is 0 Å². The van der Waals surface area contributed by atoms with Crippen molar-refractivity contribution >= 4 is 10.0 Å². The van der Waals surface area contributed by atoms with E-state index in [-0.39, 0.29) is 4.90 Å². The van der Waals surface area contributed by atoms with Crippen LogP contribution in [0.4, 0.5) is 0 Å². The average molecular weight is 231 g/mol. The predicted octanol–water partition coefficient (Wildman–Crippen LogP) is -0.543. The van der Waals surface area contributed by atoms with E-state index in [0.29, 0.717) is 19.0 Å². The van der Waals surface area contributed by atoms with Gasteiger partial charge >= 0.3 is 0 Å². The Balaban J connectivity index is 2.65. The van der Waals surface area contributed by atoms with Gasteiger partial charge in [0.15, 0.2) is 0 Å². The largest absolute Gasteiger partial charge is 0.478 e. The molecule has 0 spiro atoms. The third-order valence-electron chi connectivity index (χ3n) is 1.64. The van der Waals surface area contributed by atoms with E-state index >= 15 is 0 Å². The summed E-state index contributed by atoms with van der Waals surface area (Å²) in [6.45, 7) is 0.994. The highest BCUT2D eigenvalue weighted by atomic mass is 32.2. The van der Waals surface area contributed by atoms with Crippen LogP contribution in [0.25, 0.3) is 0 Å². The van der Waals surface area contributed by atoms with Gasteiger partial charge in [0.25, 0.3) is 0 Å². The molecule has 0 amide bonds. The molecule has 1 aromatic rings. The summed E-state index contributed by atoms with van der Waals surface area (Å²) in [6.07, 6.45) is 1.88. The van der Waals surface area contributed by atoms with Gasteiger partial charge in [-0.2, -0.15) is 0 Å². The van der Waals surface area contributed by atoms with Gasteiger partial charge in [0.1, 0.15) is 4.90 Å². The number of ether oxygens (including phenoxy) is 1. The minimum atomic E-state index is -3.68. The molecular weight excluding hydrogens is 218 g/mol. The Morgan fingerprint density at radius 1 is 1.40 bits per heavy atom. The van der Waals surface area contributed by atoms with E-state index in [1.54, 1.807) is 0 Å². The smallest absolute Gasteiger partial charge is 0.239 e. The van der Waals surface area contributed by atoms with Crippen LogP contribution in [0, 0.1) is 0 Å². The summed E-state index contributed by atoms with van der Waals surface area (Å²) in [4.78, 5) is 3.76. The molecule has 0 saturated carbocycles. The fraction of sp³-hybridized carbons (Fsp3) is 0.375. The van der Waals surface area contributed by atoms with Crippen LogP contribution in [-0.2, 0) is 10.0 Å². The molecule has 7 heteroatoms. The topological polar surface area (TPSA) is 108 Å². The molecule has 0 aliphatic carbocycles. The number of hydrogen-bond acceptors (Lipinski definition) is 5. The number of pyridine rings is 1. The van der Waals surface area contributed by atoms with Gasteiger partial charge in [-0.15, -0.1) is 0 Å². The van der Waals surface area contributed by atoms with Gasteiger partial charge in [0, 0.05) is 6.07 Å². The fourth-order valence-corrected chi connectivity index (χ4v) is 1.34. The molecule has 1 rings (SSSR count). The van der Waals surface area contributed by atoms with E-state index in [1.165, 1.54) is 12.1 Å². The zero-order chi connectivity index (χ0) is 11.3. The van der Waals surface area contributed by atoms with Gasteiger partial charge in [-0.05, 0) is 19.0 Å². The van der Waals surface area contributed by atoms with E-state index < -0.39 is 10.0 Å². The van der Waals surface area contributed by atoms with E-state index in [9.17, 15) is 8.42 Å². The van der Waals surface area contributed by atoms with Gasteiger partial charge in [-0.3, -0.25) is 0 Å². The molecule has 1 heterocycles. The molecule has 4 N–H and O–H groups in total. The van der Waals surface area contributed by atoms with Gasteiger partial charge in [0.05, 0.1) is 12.8 Å². The highest BCUT2D eigenvalue weighted by molar-refractivity contribution is 7.89. The summed E-state index contributed by atoms with van der Waals surface area (Å²) in [5.74, 6) is 0.357. The van der Waals surface area contributed by atoms with Crippen molar-refractivity contribution in [3.05, 3.63) is 18.3 Å². The summed E-state index contributed by atoms with van der Waals surface area (Å²) >= 11 is 0. The molecule has 84 valence electrons. The molecule has 1 aromatic heterocycles. The highest BCUT2D eigenvalue weighted by Gasteiger charge is 2.07. The number of sulfonamides is 1. The van der Waals surface area contributed by atoms with Crippen molar-refractivity contribution in [1.82, 2.24) is 4.98 Å². The van der Waals surface area contributed by atoms with Gasteiger partial charge in [0.2, 0.25) is 15.9 Å². The first-order chi connectivity index (χ1) is 7.04. The van der Waals surface area contributed by atoms with Gasteiger partial charge in [-0.25, -0.2) is 18.5 Å². The number of nitrogens with two attached hydrogens (primary N) is 2. The minimum Gasteiger partial charge on any atom is -0.478 e. The summed E-state index contributed by atoms with van der Waals surface area (Å²) in [6, 6.07) is 2.80. The Bertz CT molecular complexity index is 402. The highest BCUT2D eigenvalue weighted by Crippen LogP contribution is 2.10. The summed E-state index contributed by atoms with van der Waals surface area (Å²) < 4.78 is 27.0. The van der Waals surface area contributed by atoms with E-state index in [2.05, 4.69) is 4.98 Å². The maximum atomic E-state index is 10.9. The fourth-order valence-electron chi connectivity index (χ4n) is 0.880. The summed E-state index contributed by atoms with van der Waals surface area (Å²) in [5.41, 5.74) is 5.28. The van der Waals surface area contributed by atoms with Crippen molar-refractivity contribution < 1.29 is 13.2 Å². The van der Waals surface area contributed by atoms with Crippen LogP contribution in [0.15, 0.2) is 23.2 Å². The lowest BCUT2D eigenvalue weighted by Gasteiger charge is -2.04. The molecule has 0 saturated heterocycles. The molecule has 0 unspecified atom stereocenters. The van der Waals surface area contributed by atoms with Crippen LogP contribution in [0.5, 0.6) is 5.88 Å². The van der Waals surface area contributed by atoms with Crippen LogP contribution in [0.1, 0.15) is 6.42 Å². The summed E-state index contributed by atoms with van der Waals surface area (Å²) in [5, 5.41) is 4.90. The maximum absolute atomic E-state index is 10.9. The van der Waals surface area contributed by atoms with Crippen LogP contribution in [-0.4, -0.2) is 26.6 Å². The van der Waals surface area contributed by atoms with E-state index in [4.69, 9.17) is 15.6 Å². The SMILES string of the molecule is NCCCOc1ccc(S(N)(=O)=O)cn1. The Kier molecular flexibility index (Phi) is 4.01. The Hall–Kier alpha value is -1.18. The standard InChI is InChI=1S/C8H13N3O3S/c9-4-1-5-14-8-3-2-7(6-11-8)15(10,12)13/h2-3,6H,1,4-5,9H2,(H2,10,12,13).